The molecule has 0 radical (unpaired) electrons. The van der Waals surface area contributed by atoms with Crippen LogP contribution in [-0.4, -0.2) is 25.9 Å². The van der Waals surface area contributed by atoms with Gasteiger partial charge in [-0.3, -0.25) is 9.11 Å². The number of sulfonamides is 1. The topological polar surface area (TPSA) is 161 Å². The van der Waals surface area contributed by atoms with Crippen LogP contribution in [0.15, 0.2) is 29.2 Å². The van der Waals surface area contributed by atoms with Crippen LogP contribution < -0.4 is 10.9 Å². The Kier molecular flexibility index (Phi) is 5.68. The molecule has 0 amide bonds. The predicted octanol–water partition coefficient (Wildman–Crippen LogP) is -0.860. The normalized spacial score (nSPS) is 11.5. The van der Waals surface area contributed by atoms with Gasteiger partial charge in [-0.2, -0.15) is 8.42 Å². The summed E-state index contributed by atoms with van der Waals surface area (Å²) >= 11 is 0. The maximum absolute atomic E-state index is 10.8. The van der Waals surface area contributed by atoms with Gasteiger partial charge in [0.05, 0.1) is 4.90 Å². The van der Waals surface area contributed by atoms with E-state index < -0.39 is 20.4 Å². The van der Waals surface area contributed by atoms with Gasteiger partial charge in [0, 0.05) is 6.54 Å². The van der Waals surface area contributed by atoms with E-state index in [1.807, 2.05) is 0 Å². The molecule has 0 saturated carbocycles. The molecule has 1 rings (SSSR count). The number of primary sulfonamides is 1. The van der Waals surface area contributed by atoms with Crippen molar-refractivity contribution in [3.05, 3.63) is 29.8 Å². The summed E-state index contributed by atoms with van der Waals surface area (Å²) in [6.07, 6.45) is 0. The Hall–Kier alpha value is -1.04. The van der Waals surface area contributed by atoms with E-state index in [4.69, 9.17) is 28.4 Å². The second-order valence-corrected chi connectivity index (χ2v) is 5.30. The zero-order valence-corrected chi connectivity index (χ0v) is 10.1. The monoisotopic (exact) mass is 284 g/mol. The standard InChI is InChI=1S/C7H10N2O2S.H2O4S/c8-5-6-1-3-7(4-2-6)12(9,10)11;1-5(2,3)4/h1-4H,5,8H2,(H2,9,10,11);(H2,1,2,3,4). The van der Waals surface area contributed by atoms with Crippen LogP contribution in [0.2, 0.25) is 0 Å². The second kappa shape index (κ2) is 6.05. The van der Waals surface area contributed by atoms with Crippen LogP contribution in [0.1, 0.15) is 5.56 Å². The maximum Gasteiger partial charge on any atom is 0.394 e. The predicted molar refractivity (Wildman–Crippen MR) is 59.9 cm³/mol. The van der Waals surface area contributed by atoms with E-state index in [1.54, 1.807) is 12.1 Å². The fraction of sp³-hybridized carbons (Fsp3) is 0.143. The van der Waals surface area contributed by atoms with Crippen LogP contribution in [0.4, 0.5) is 0 Å². The largest absolute Gasteiger partial charge is 0.394 e. The molecule has 0 atom stereocenters. The highest BCUT2D eigenvalue weighted by molar-refractivity contribution is 7.89. The average molecular weight is 284 g/mol. The first kappa shape index (κ1) is 16.0. The van der Waals surface area contributed by atoms with Crippen molar-refractivity contribution in [2.24, 2.45) is 10.9 Å². The van der Waals surface area contributed by atoms with E-state index in [0.29, 0.717) is 6.54 Å². The Balaban J connectivity index is 0.000000437. The summed E-state index contributed by atoms with van der Waals surface area (Å²) in [6.45, 7) is 0.394. The van der Waals surface area contributed by atoms with E-state index in [2.05, 4.69) is 0 Å². The Morgan fingerprint density at radius 3 is 1.59 bits per heavy atom. The van der Waals surface area contributed by atoms with Gasteiger partial charge in [0.1, 0.15) is 0 Å². The molecule has 0 aliphatic carbocycles. The van der Waals surface area contributed by atoms with Gasteiger partial charge < -0.3 is 5.73 Å². The highest BCUT2D eigenvalue weighted by Gasteiger charge is 2.05. The molecule has 0 heterocycles. The third kappa shape index (κ3) is 8.74. The van der Waals surface area contributed by atoms with Gasteiger partial charge in [-0.1, -0.05) is 12.1 Å². The smallest absolute Gasteiger partial charge is 0.326 e. The summed E-state index contributed by atoms with van der Waals surface area (Å²) in [4.78, 5) is 0.111. The zero-order valence-electron chi connectivity index (χ0n) is 8.52. The van der Waals surface area contributed by atoms with Crippen LogP contribution in [0.5, 0.6) is 0 Å². The first-order valence-corrected chi connectivity index (χ1v) is 7.00. The van der Waals surface area contributed by atoms with Gasteiger partial charge in [0.25, 0.3) is 0 Å². The van der Waals surface area contributed by atoms with E-state index in [-0.39, 0.29) is 4.90 Å². The lowest BCUT2D eigenvalue weighted by Gasteiger charge is -1.98. The Bertz CT molecular complexity index is 541. The van der Waals surface area contributed by atoms with Crippen molar-refractivity contribution in [1.82, 2.24) is 0 Å². The summed E-state index contributed by atoms with van der Waals surface area (Å²) in [5, 5.41) is 4.89. The molecular weight excluding hydrogens is 272 g/mol. The minimum atomic E-state index is -4.67. The number of benzene rings is 1. The number of hydrogen-bond donors (Lipinski definition) is 4. The second-order valence-electron chi connectivity index (χ2n) is 2.84. The molecule has 0 aromatic heterocycles. The minimum Gasteiger partial charge on any atom is -0.326 e. The maximum atomic E-state index is 10.8. The van der Waals surface area contributed by atoms with Gasteiger partial charge in [0.15, 0.2) is 0 Å². The lowest BCUT2D eigenvalue weighted by Crippen LogP contribution is -2.12. The van der Waals surface area contributed by atoms with E-state index >= 15 is 0 Å². The molecule has 1 aromatic rings. The lowest BCUT2D eigenvalue weighted by atomic mass is 10.2. The van der Waals surface area contributed by atoms with Crippen LogP contribution in [0.3, 0.4) is 0 Å². The summed E-state index contributed by atoms with van der Waals surface area (Å²) in [7, 11) is -8.24. The number of hydrogen-bond acceptors (Lipinski definition) is 5. The minimum absolute atomic E-state index is 0.111. The molecule has 0 bridgehead atoms. The SMILES string of the molecule is NCc1ccc(S(N)(=O)=O)cc1.O=S(=O)(O)O. The summed E-state index contributed by atoms with van der Waals surface area (Å²) in [5.41, 5.74) is 6.21. The molecule has 1 aromatic carbocycles. The van der Waals surface area contributed by atoms with Gasteiger partial charge in [-0.15, -0.1) is 0 Å². The van der Waals surface area contributed by atoms with Crippen molar-refractivity contribution < 1.29 is 25.9 Å². The van der Waals surface area contributed by atoms with E-state index in [1.165, 1.54) is 12.1 Å². The third-order valence-corrected chi connectivity index (χ3v) is 2.42. The Labute approximate surface area is 98.9 Å². The zero-order chi connectivity index (χ0) is 13.7. The molecular formula is C7H12N2O6S2. The first-order chi connectivity index (χ1) is 7.54. The van der Waals surface area contributed by atoms with Crippen molar-refractivity contribution in [1.29, 1.82) is 0 Å². The van der Waals surface area contributed by atoms with Crippen molar-refractivity contribution >= 4 is 20.4 Å². The van der Waals surface area contributed by atoms with Crippen LogP contribution in [0, 0.1) is 0 Å². The molecule has 17 heavy (non-hydrogen) atoms. The molecule has 0 aliphatic rings. The van der Waals surface area contributed by atoms with Crippen molar-refractivity contribution in [2.75, 3.05) is 0 Å². The highest BCUT2D eigenvalue weighted by Crippen LogP contribution is 2.07. The summed E-state index contributed by atoms with van der Waals surface area (Å²) in [5.74, 6) is 0. The van der Waals surface area contributed by atoms with E-state index in [9.17, 15) is 8.42 Å². The molecule has 10 heteroatoms. The molecule has 0 fully saturated rings. The molecule has 98 valence electrons. The van der Waals surface area contributed by atoms with Crippen LogP contribution >= 0.6 is 0 Å². The average Bonchev–Trinajstić information content (AvgIpc) is 2.14. The highest BCUT2D eigenvalue weighted by atomic mass is 32.3. The van der Waals surface area contributed by atoms with Gasteiger partial charge >= 0.3 is 10.4 Å². The Morgan fingerprint density at radius 1 is 1.00 bits per heavy atom. The molecule has 6 N–H and O–H groups in total. The number of nitrogens with two attached hydrogens (primary N) is 2. The quantitative estimate of drug-likeness (QED) is 0.513. The van der Waals surface area contributed by atoms with Crippen LogP contribution in [0.25, 0.3) is 0 Å². The summed E-state index contributed by atoms with van der Waals surface area (Å²) < 4.78 is 53.1. The fourth-order valence-corrected chi connectivity index (χ4v) is 1.33. The van der Waals surface area contributed by atoms with Gasteiger partial charge in [-0.05, 0) is 17.7 Å². The first-order valence-electron chi connectivity index (χ1n) is 4.05. The molecule has 0 unspecified atom stereocenters. The van der Waals surface area contributed by atoms with Crippen molar-refractivity contribution in [3.63, 3.8) is 0 Å². The van der Waals surface area contributed by atoms with Gasteiger partial charge in [-0.25, -0.2) is 13.6 Å². The van der Waals surface area contributed by atoms with Crippen molar-refractivity contribution in [3.8, 4) is 0 Å². The number of rotatable bonds is 2. The molecule has 0 aliphatic heterocycles. The van der Waals surface area contributed by atoms with Crippen LogP contribution in [-0.2, 0) is 27.0 Å². The fourth-order valence-electron chi connectivity index (χ4n) is 0.815. The Morgan fingerprint density at radius 2 is 1.35 bits per heavy atom. The third-order valence-electron chi connectivity index (χ3n) is 1.49. The summed E-state index contributed by atoms with van der Waals surface area (Å²) in [6, 6.07) is 6.16. The lowest BCUT2D eigenvalue weighted by molar-refractivity contribution is 0.381. The van der Waals surface area contributed by atoms with E-state index in [0.717, 1.165) is 5.56 Å². The van der Waals surface area contributed by atoms with Crippen molar-refractivity contribution in [2.45, 2.75) is 11.4 Å². The molecule has 0 spiro atoms. The molecule has 0 saturated heterocycles. The molecule has 8 nitrogen and oxygen atoms in total. The van der Waals surface area contributed by atoms with Gasteiger partial charge in [0.2, 0.25) is 10.0 Å².